The minimum atomic E-state index is -0.266. The van der Waals surface area contributed by atoms with Crippen molar-refractivity contribution in [1.82, 2.24) is 4.90 Å². The predicted octanol–water partition coefficient (Wildman–Crippen LogP) is 2.87. The van der Waals surface area contributed by atoms with Crippen molar-refractivity contribution in [3.8, 4) is 0 Å². The molecule has 1 heterocycles. The smallest absolute Gasteiger partial charge is 0.128 e. The molecule has 1 aliphatic heterocycles. The van der Waals surface area contributed by atoms with Crippen LogP contribution in [0.25, 0.3) is 0 Å². The second-order valence-electron chi connectivity index (χ2n) is 5.52. The average molecular weight is 263 g/mol. The van der Waals surface area contributed by atoms with Crippen LogP contribution in [0.1, 0.15) is 44.2 Å². The summed E-state index contributed by atoms with van der Waals surface area (Å²) in [5.41, 5.74) is 6.50. The molecule has 0 aliphatic carbocycles. The largest absolute Gasteiger partial charge is 0.384 e. The highest BCUT2D eigenvalue weighted by Gasteiger charge is 2.25. The van der Waals surface area contributed by atoms with E-state index in [0.717, 1.165) is 0 Å². The van der Waals surface area contributed by atoms with E-state index in [-0.39, 0.29) is 11.7 Å². The maximum atomic E-state index is 14.0. The van der Waals surface area contributed by atoms with Gasteiger partial charge in [0, 0.05) is 29.8 Å². The van der Waals surface area contributed by atoms with E-state index in [1.165, 1.54) is 25.3 Å². The molecule has 2 atom stereocenters. The zero-order chi connectivity index (χ0) is 14.0. The number of halogens is 1. The summed E-state index contributed by atoms with van der Waals surface area (Å²) >= 11 is 0. The third kappa shape index (κ3) is 3.13. The summed E-state index contributed by atoms with van der Waals surface area (Å²) in [5.74, 6) is -0.358. The van der Waals surface area contributed by atoms with Crippen LogP contribution in [-0.2, 0) is 6.54 Å². The number of nitrogens with two attached hydrogens (primary N) is 1. The molecule has 19 heavy (non-hydrogen) atoms. The van der Waals surface area contributed by atoms with Crippen molar-refractivity contribution in [3.63, 3.8) is 0 Å². The zero-order valence-electron chi connectivity index (χ0n) is 11.6. The van der Waals surface area contributed by atoms with Crippen molar-refractivity contribution in [2.45, 2.75) is 51.7 Å². The number of amidine groups is 1. The lowest BCUT2D eigenvalue weighted by molar-refractivity contribution is 0.0940. The van der Waals surface area contributed by atoms with Gasteiger partial charge in [0.25, 0.3) is 0 Å². The molecule has 3 nitrogen and oxygen atoms in total. The van der Waals surface area contributed by atoms with Crippen LogP contribution >= 0.6 is 0 Å². The summed E-state index contributed by atoms with van der Waals surface area (Å²) in [5, 5.41) is 7.32. The van der Waals surface area contributed by atoms with Crippen LogP contribution < -0.4 is 5.73 Å². The van der Waals surface area contributed by atoms with Gasteiger partial charge in [-0.05, 0) is 32.8 Å². The van der Waals surface area contributed by atoms with Gasteiger partial charge in [0.1, 0.15) is 11.7 Å². The van der Waals surface area contributed by atoms with Crippen LogP contribution in [0.15, 0.2) is 18.2 Å². The molecule has 0 unspecified atom stereocenters. The summed E-state index contributed by atoms with van der Waals surface area (Å²) in [6.07, 6.45) is 3.61. The summed E-state index contributed by atoms with van der Waals surface area (Å²) in [6.45, 7) is 5.04. The van der Waals surface area contributed by atoms with Crippen molar-refractivity contribution in [1.29, 1.82) is 5.41 Å². The van der Waals surface area contributed by atoms with Crippen LogP contribution in [0.5, 0.6) is 0 Å². The molecule has 1 aromatic rings. The van der Waals surface area contributed by atoms with E-state index in [9.17, 15) is 4.39 Å². The standard InChI is InChI=1S/C15H22FN3/c1-10-4-3-5-11(2)19(10)9-13-7-6-12(15(17)18)8-14(13)16/h6-8,10-11H,3-5,9H2,1-2H3,(H3,17,18)/t10-,11+. The molecule has 1 aliphatic rings. The predicted molar refractivity (Wildman–Crippen MR) is 75.7 cm³/mol. The van der Waals surface area contributed by atoms with Crippen molar-refractivity contribution in [3.05, 3.63) is 35.1 Å². The fraction of sp³-hybridized carbons (Fsp3) is 0.533. The first-order valence-electron chi connectivity index (χ1n) is 6.87. The van der Waals surface area contributed by atoms with Gasteiger partial charge in [-0.2, -0.15) is 0 Å². The monoisotopic (exact) mass is 263 g/mol. The van der Waals surface area contributed by atoms with E-state index in [0.29, 0.717) is 29.8 Å². The van der Waals surface area contributed by atoms with E-state index in [4.69, 9.17) is 11.1 Å². The zero-order valence-corrected chi connectivity index (χ0v) is 11.6. The fourth-order valence-electron chi connectivity index (χ4n) is 2.83. The summed E-state index contributed by atoms with van der Waals surface area (Å²) in [4.78, 5) is 2.36. The van der Waals surface area contributed by atoms with Crippen LogP contribution in [0.2, 0.25) is 0 Å². The number of hydrogen-bond donors (Lipinski definition) is 2. The van der Waals surface area contributed by atoms with Gasteiger partial charge in [-0.1, -0.05) is 18.6 Å². The molecule has 1 aromatic carbocycles. The van der Waals surface area contributed by atoms with Crippen molar-refractivity contribution >= 4 is 5.84 Å². The van der Waals surface area contributed by atoms with Crippen LogP contribution in [0.4, 0.5) is 4.39 Å². The third-order valence-electron chi connectivity index (χ3n) is 4.09. The quantitative estimate of drug-likeness (QED) is 0.651. The molecule has 0 amide bonds. The van der Waals surface area contributed by atoms with Crippen LogP contribution in [0, 0.1) is 11.2 Å². The van der Waals surface area contributed by atoms with Gasteiger partial charge >= 0.3 is 0 Å². The van der Waals surface area contributed by atoms with Gasteiger partial charge in [-0.15, -0.1) is 0 Å². The van der Waals surface area contributed by atoms with Gasteiger partial charge in [-0.3, -0.25) is 10.3 Å². The first-order chi connectivity index (χ1) is 8.99. The SMILES string of the molecule is C[C@@H]1CCC[C@H](C)N1Cc1ccc(C(=N)N)cc1F. The third-order valence-corrected chi connectivity index (χ3v) is 4.09. The molecule has 0 aromatic heterocycles. The maximum absolute atomic E-state index is 14.0. The topological polar surface area (TPSA) is 53.1 Å². The minimum absolute atomic E-state index is 0.0924. The number of hydrogen-bond acceptors (Lipinski definition) is 2. The molecule has 0 radical (unpaired) electrons. The highest BCUT2D eigenvalue weighted by molar-refractivity contribution is 5.94. The second kappa shape index (κ2) is 5.70. The highest BCUT2D eigenvalue weighted by atomic mass is 19.1. The van der Waals surface area contributed by atoms with E-state index in [1.807, 2.05) is 0 Å². The Balaban J connectivity index is 2.16. The molecule has 1 fully saturated rings. The second-order valence-corrected chi connectivity index (χ2v) is 5.52. The molecule has 0 bridgehead atoms. The minimum Gasteiger partial charge on any atom is -0.384 e. The van der Waals surface area contributed by atoms with Crippen LogP contribution in [0.3, 0.4) is 0 Å². The lowest BCUT2D eigenvalue weighted by atomic mass is 9.96. The van der Waals surface area contributed by atoms with Gasteiger partial charge in [-0.25, -0.2) is 4.39 Å². The molecule has 0 spiro atoms. The Morgan fingerprint density at radius 3 is 2.53 bits per heavy atom. The summed E-state index contributed by atoms with van der Waals surface area (Å²) < 4.78 is 14.0. The van der Waals surface area contributed by atoms with Crippen molar-refractivity contribution < 1.29 is 4.39 Å². The van der Waals surface area contributed by atoms with Crippen LogP contribution in [-0.4, -0.2) is 22.8 Å². The Hall–Kier alpha value is -1.42. The first kappa shape index (κ1) is 14.0. The Kier molecular flexibility index (Phi) is 4.20. The molecular formula is C15H22FN3. The van der Waals surface area contributed by atoms with E-state index in [2.05, 4.69) is 18.7 Å². The lowest BCUT2D eigenvalue weighted by Gasteiger charge is -2.39. The van der Waals surface area contributed by atoms with Gasteiger partial charge in [0.2, 0.25) is 0 Å². The van der Waals surface area contributed by atoms with E-state index in [1.54, 1.807) is 12.1 Å². The number of nitrogens with zero attached hydrogens (tertiary/aromatic N) is 1. The number of piperidine rings is 1. The number of likely N-dealkylation sites (tertiary alicyclic amines) is 1. The number of nitrogen functional groups attached to an aromatic ring is 1. The van der Waals surface area contributed by atoms with E-state index >= 15 is 0 Å². The Morgan fingerprint density at radius 2 is 2.00 bits per heavy atom. The number of benzene rings is 1. The molecular weight excluding hydrogens is 241 g/mol. The number of nitrogens with one attached hydrogen (secondary N) is 1. The molecule has 104 valence electrons. The molecule has 3 N–H and O–H groups in total. The fourth-order valence-corrected chi connectivity index (χ4v) is 2.83. The summed E-state index contributed by atoms with van der Waals surface area (Å²) in [7, 11) is 0. The molecule has 2 rings (SSSR count). The van der Waals surface area contributed by atoms with Gasteiger partial charge in [0.05, 0.1) is 0 Å². The first-order valence-corrected chi connectivity index (χ1v) is 6.87. The Bertz CT molecular complexity index is 462. The van der Waals surface area contributed by atoms with Gasteiger partial charge < -0.3 is 5.73 Å². The van der Waals surface area contributed by atoms with Crippen molar-refractivity contribution in [2.75, 3.05) is 0 Å². The normalized spacial score (nSPS) is 24.4. The van der Waals surface area contributed by atoms with Gasteiger partial charge in [0.15, 0.2) is 0 Å². The lowest BCUT2D eigenvalue weighted by Crippen LogP contribution is -2.43. The summed E-state index contributed by atoms with van der Waals surface area (Å²) in [6, 6.07) is 5.82. The molecule has 1 saturated heterocycles. The molecule has 0 saturated carbocycles. The Morgan fingerprint density at radius 1 is 1.37 bits per heavy atom. The number of rotatable bonds is 3. The maximum Gasteiger partial charge on any atom is 0.128 e. The average Bonchev–Trinajstić information content (AvgIpc) is 2.35. The molecule has 4 heteroatoms. The van der Waals surface area contributed by atoms with Crippen molar-refractivity contribution in [2.24, 2.45) is 5.73 Å². The highest BCUT2D eigenvalue weighted by Crippen LogP contribution is 2.25. The Labute approximate surface area is 114 Å². The van der Waals surface area contributed by atoms with E-state index < -0.39 is 0 Å².